The number of ether oxygens (including phenoxy) is 1. The summed E-state index contributed by atoms with van der Waals surface area (Å²) in [6, 6.07) is 3.22. The Hall–Kier alpha value is -4.71. The van der Waals surface area contributed by atoms with E-state index in [4.69, 9.17) is 4.74 Å². The molecule has 1 aliphatic rings. The lowest BCUT2D eigenvalue weighted by atomic mass is 9.81. The molecule has 1 aliphatic carbocycles. The lowest BCUT2D eigenvalue weighted by molar-refractivity contribution is -0.119. The van der Waals surface area contributed by atoms with Gasteiger partial charge in [-0.05, 0) is 55.4 Å². The first-order chi connectivity index (χ1) is 20.0. The highest BCUT2D eigenvalue weighted by atomic mass is 19.3. The van der Waals surface area contributed by atoms with Crippen molar-refractivity contribution < 1.29 is 31.9 Å². The van der Waals surface area contributed by atoms with Crippen LogP contribution >= 0.6 is 0 Å². The maximum Gasteiger partial charge on any atom is 0.269 e. The number of H-pyrrole nitrogens is 1. The Morgan fingerprint density at radius 2 is 2.07 bits per heavy atom. The van der Waals surface area contributed by atoms with Gasteiger partial charge in [-0.1, -0.05) is 0 Å². The Morgan fingerprint density at radius 1 is 1.31 bits per heavy atom. The maximum atomic E-state index is 15.0. The number of aromatic nitrogens is 4. The number of pyridine rings is 1. The summed E-state index contributed by atoms with van der Waals surface area (Å²) in [5.41, 5.74) is -1.11. The van der Waals surface area contributed by atoms with E-state index in [1.165, 1.54) is 30.9 Å². The number of methoxy groups -OCH3 is 1. The van der Waals surface area contributed by atoms with Crippen molar-refractivity contribution in [2.45, 2.75) is 37.8 Å². The van der Waals surface area contributed by atoms with Crippen molar-refractivity contribution in [3.8, 4) is 6.07 Å². The predicted molar refractivity (Wildman–Crippen MR) is 140 cm³/mol. The number of hydrogen-bond acceptors (Lipinski definition) is 6. The Bertz CT molecular complexity index is 1620. The van der Waals surface area contributed by atoms with Crippen LogP contribution in [0.2, 0.25) is 0 Å². The summed E-state index contributed by atoms with van der Waals surface area (Å²) >= 11 is 0. The predicted octanol–water partition coefficient (Wildman–Crippen LogP) is 3.37. The lowest BCUT2D eigenvalue weighted by Crippen LogP contribution is -2.49. The number of nitrogens with zero attached hydrogens (tertiary/aromatic N) is 4. The van der Waals surface area contributed by atoms with Gasteiger partial charge in [0.15, 0.2) is 0 Å². The Balaban J connectivity index is 1.64. The van der Waals surface area contributed by atoms with E-state index in [2.05, 4.69) is 20.7 Å². The molecule has 3 atom stereocenters. The van der Waals surface area contributed by atoms with Gasteiger partial charge in [0.25, 0.3) is 23.5 Å². The summed E-state index contributed by atoms with van der Waals surface area (Å²) < 4.78 is 63.2. The number of nitriles is 1. The summed E-state index contributed by atoms with van der Waals surface area (Å²) in [6.07, 6.45) is 0.720. The second-order valence-electron chi connectivity index (χ2n) is 9.82. The molecule has 0 bridgehead atoms. The van der Waals surface area contributed by atoms with Crippen molar-refractivity contribution in [2.75, 3.05) is 19.0 Å². The van der Waals surface area contributed by atoms with Crippen LogP contribution in [0, 0.1) is 29.0 Å². The third-order valence-corrected chi connectivity index (χ3v) is 7.18. The minimum atomic E-state index is -1.85. The highest BCUT2D eigenvalue weighted by molar-refractivity contribution is 6.00. The van der Waals surface area contributed by atoms with Gasteiger partial charge in [0.2, 0.25) is 5.91 Å². The highest BCUT2D eigenvalue weighted by Crippen LogP contribution is 2.34. The first-order valence-electron chi connectivity index (χ1n) is 12.9. The van der Waals surface area contributed by atoms with E-state index in [9.17, 15) is 37.2 Å². The number of halogens is 4. The molecule has 0 aliphatic heterocycles. The Morgan fingerprint density at radius 3 is 2.74 bits per heavy atom. The normalized spacial score (nSPS) is 16.4. The zero-order valence-electron chi connectivity index (χ0n) is 22.6. The largest absolute Gasteiger partial charge is 0.382 e. The number of rotatable bonds is 9. The summed E-state index contributed by atoms with van der Waals surface area (Å²) in [6.45, 7) is -0.201. The molecule has 11 nitrogen and oxygen atoms in total. The maximum absolute atomic E-state index is 15.0. The van der Waals surface area contributed by atoms with Crippen molar-refractivity contribution in [3.63, 3.8) is 0 Å². The molecule has 2 amide bonds. The molecule has 4 rings (SSSR count). The van der Waals surface area contributed by atoms with Crippen LogP contribution in [0.4, 0.5) is 23.2 Å². The van der Waals surface area contributed by atoms with Crippen LogP contribution in [0.15, 0.2) is 47.0 Å². The fourth-order valence-corrected chi connectivity index (χ4v) is 5.03. The fraction of sp³-hybridized carbons (Fsp3) is 0.370. The minimum absolute atomic E-state index is 0.0503. The third-order valence-electron chi connectivity index (χ3n) is 7.18. The molecule has 3 N–H and O–H groups in total. The molecule has 0 radical (unpaired) electrons. The molecule has 0 aromatic carbocycles. The van der Waals surface area contributed by atoms with Gasteiger partial charge in [-0.2, -0.15) is 18.4 Å². The van der Waals surface area contributed by atoms with E-state index in [0.29, 0.717) is 12.8 Å². The average Bonchev–Trinajstić information content (AvgIpc) is 3.52. The average molecular weight is 590 g/mol. The number of carbonyl (C=O) groups excluding carboxylic acids is 2. The smallest absolute Gasteiger partial charge is 0.269 e. The topological polar surface area (TPSA) is 147 Å². The highest BCUT2D eigenvalue weighted by Gasteiger charge is 2.35. The van der Waals surface area contributed by atoms with Crippen LogP contribution in [0.5, 0.6) is 0 Å². The van der Waals surface area contributed by atoms with E-state index in [0.717, 1.165) is 23.1 Å². The standard InChI is InChI=1S/C27H27F4N7O4/c1-37-17(10-32)6-7-20(37)26(40)35-22(14-4-3-5-15(8-14)23(29)30)27(41)34-19-12-38(36-24(19)31)21(13-42-2)18-9-16(28)11-33-25(18)39/h6-7,9,11-12,14,21-22H,3-5,8,13H2,1-2H3,(H,33,39)(H,34,41)(H,35,40)/t14?,21-,22?/m0/s1. The molecule has 15 heteroatoms. The van der Waals surface area contributed by atoms with Crippen LogP contribution in [0.1, 0.15) is 53.5 Å². The second-order valence-corrected chi connectivity index (χ2v) is 9.82. The lowest BCUT2D eigenvalue weighted by Gasteiger charge is -2.31. The van der Waals surface area contributed by atoms with Gasteiger partial charge in [-0.3, -0.25) is 19.1 Å². The van der Waals surface area contributed by atoms with Crippen molar-refractivity contribution in [3.05, 3.63) is 81.3 Å². The van der Waals surface area contributed by atoms with Crippen LogP contribution in [-0.2, 0) is 16.6 Å². The van der Waals surface area contributed by atoms with Crippen LogP contribution < -0.4 is 16.2 Å². The third kappa shape index (κ3) is 6.44. The van der Waals surface area contributed by atoms with Gasteiger partial charge in [-0.25, -0.2) is 4.39 Å². The van der Waals surface area contributed by atoms with E-state index in [-0.39, 0.29) is 42.0 Å². The van der Waals surface area contributed by atoms with Gasteiger partial charge in [-0.15, -0.1) is 5.10 Å². The molecule has 3 heterocycles. The SMILES string of the molecule is COC[C@@H](c1cc(F)c[nH]c1=O)n1cc(NC(=O)C(NC(=O)c2ccc(C#N)n2C)C2CCCC(=C(F)F)C2)c(F)n1. The zero-order chi connectivity index (χ0) is 30.6. The number of carbonyl (C=O) groups is 2. The summed E-state index contributed by atoms with van der Waals surface area (Å²) in [7, 11) is 2.79. The van der Waals surface area contributed by atoms with E-state index < -0.39 is 58.9 Å². The second kappa shape index (κ2) is 12.9. The molecule has 2 unspecified atom stereocenters. The van der Waals surface area contributed by atoms with Crippen molar-refractivity contribution in [2.24, 2.45) is 13.0 Å². The Kier molecular flexibility index (Phi) is 9.26. The molecule has 42 heavy (non-hydrogen) atoms. The first-order valence-corrected chi connectivity index (χ1v) is 12.9. The number of amides is 2. The molecule has 1 fully saturated rings. The molecule has 1 saturated carbocycles. The van der Waals surface area contributed by atoms with E-state index in [1.54, 1.807) is 0 Å². The molecule has 3 aromatic heterocycles. The zero-order valence-corrected chi connectivity index (χ0v) is 22.6. The van der Waals surface area contributed by atoms with Crippen molar-refractivity contribution in [1.82, 2.24) is 24.6 Å². The minimum Gasteiger partial charge on any atom is -0.382 e. The monoisotopic (exact) mass is 589 g/mol. The van der Waals surface area contributed by atoms with Gasteiger partial charge < -0.3 is 24.9 Å². The van der Waals surface area contributed by atoms with Gasteiger partial charge in [0.05, 0.1) is 12.8 Å². The molecule has 222 valence electrons. The number of aromatic amines is 1. The number of nitrogens with one attached hydrogen (secondary N) is 3. The van der Waals surface area contributed by atoms with Gasteiger partial charge in [0, 0.05) is 25.9 Å². The molecule has 0 spiro atoms. The van der Waals surface area contributed by atoms with Crippen LogP contribution in [-0.4, -0.2) is 50.9 Å². The Labute approximate surface area is 236 Å². The van der Waals surface area contributed by atoms with Gasteiger partial charge in [0.1, 0.15) is 41.0 Å². The number of hydrogen-bond donors (Lipinski definition) is 3. The van der Waals surface area contributed by atoms with E-state index in [1.807, 2.05) is 6.07 Å². The molecular formula is C27H27F4N7O4. The summed E-state index contributed by atoms with van der Waals surface area (Å²) in [4.78, 5) is 41.2. The molecule has 3 aromatic rings. The van der Waals surface area contributed by atoms with Crippen LogP contribution in [0.25, 0.3) is 0 Å². The quantitative estimate of drug-likeness (QED) is 0.326. The van der Waals surface area contributed by atoms with Crippen molar-refractivity contribution in [1.29, 1.82) is 5.26 Å². The van der Waals surface area contributed by atoms with Crippen molar-refractivity contribution >= 4 is 17.5 Å². The fourth-order valence-electron chi connectivity index (χ4n) is 5.03. The molecular weight excluding hydrogens is 562 g/mol. The summed E-state index contributed by atoms with van der Waals surface area (Å²) in [5, 5.41) is 17.8. The number of anilines is 1. The summed E-state index contributed by atoms with van der Waals surface area (Å²) in [5.74, 6) is -4.29. The number of allylic oxidation sites excluding steroid dienone is 1. The van der Waals surface area contributed by atoms with E-state index >= 15 is 0 Å². The molecule has 0 saturated heterocycles. The van der Waals surface area contributed by atoms with Gasteiger partial charge >= 0.3 is 0 Å². The van der Waals surface area contributed by atoms with Crippen LogP contribution in [0.3, 0.4) is 0 Å². The first kappa shape index (κ1) is 30.3.